The number of aliphatic hydroxyl groups excluding tert-OH is 1. The molecule has 0 radical (unpaired) electrons. The minimum Gasteiger partial charge on any atom is -0.462 e. The Kier molecular flexibility index (Phi) is 15.9. The van der Waals surface area contributed by atoms with Crippen LogP contribution in [-0.2, 0) is 9.53 Å². The zero-order valence-electron chi connectivity index (χ0n) is 32.3. The van der Waals surface area contributed by atoms with Gasteiger partial charge in [0, 0.05) is 12.8 Å². The van der Waals surface area contributed by atoms with Gasteiger partial charge < -0.3 is 9.84 Å². The molecule has 1 N–H and O–H groups in total. The third kappa shape index (κ3) is 10.6. The van der Waals surface area contributed by atoms with Crippen molar-refractivity contribution >= 4 is 5.97 Å². The zero-order valence-corrected chi connectivity index (χ0v) is 32.3. The normalized spacial score (nSPS) is 33.0. The summed E-state index contributed by atoms with van der Waals surface area (Å²) in [5, 5.41) is 10.2. The largest absolute Gasteiger partial charge is 0.462 e. The van der Waals surface area contributed by atoms with E-state index < -0.39 is 0 Å². The molecule has 3 saturated carbocycles. The molecule has 0 aliphatic heterocycles. The maximum Gasteiger partial charge on any atom is 0.306 e. The molecule has 3 fully saturated rings. The van der Waals surface area contributed by atoms with E-state index in [1.165, 1.54) is 77.0 Å². The van der Waals surface area contributed by atoms with Crippen LogP contribution < -0.4 is 0 Å². The van der Waals surface area contributed by atoms with Crippen molar-refractivity contribution in [1.29, 1.82) is 0 Å². The molecule has 9 atom stereocenters. The molecular weight excluding hydrogens is 588 g/mol. The van der Waals surface area contributed by atoms with Crippen LogP contribution in [0.25, 0.3) is 0 Å². The molecular formula is C45H76O3. The van der Waals surface area contributed by atoms with Crippen LogP contribution in [0.5, 0.6) is 0 Å². The van der Waals surface area contributed by atoms with Crippen LogP contribution in [0.2, 0.25) is 0 Å². The van der Waals surface area contributed by atoms with Gasteiger partial charge in [-0.1, -0.05) is 135 Å². The molecule has 4 rings (SSSR count). The molecule has 0 amide bonds. The fourth-order valence-electron chi connectivity index (χ4n) is 11.1. The van der Waals surface area contributed by atoms with Gasteiger partial charge in [0.15, 0.2) is 0 Å². The van der Waals surface area contributed by atoms with Crippen LogP contribution >= 0.6 is 0 Å². The predicted octanol–water partition coefficient (Wildman–Crippen LogP) is 12.7. The summed E-state index contributed by atoms with van der Waals surface area (Å²) in [4.78, 5) is 12.8. The third-order valence-corrected chi connectivity index (χ3v) is 14.0. The van der Waals surface area contributed by atoms with E-state index in [1.54, 1.807) is 5.57 Å². The molecule has 0 spiro atoms. The number of carbonyl (C=O) groups excluding carboxylic acids is 1. The predicted molar refractivity (Wildman–Crippen MR) is 204 cm³/mol. The maximum atomic E-state index is 12.8. The van der Waals surface area contributed by atoms with Crippen LogP contribution in [0.1, 0.15) is 183 Å². The van der Waals surface area contributed by atoms with E-state index in [9.17, 15) is 9.90 Å². The fraction of sp³-hybridized carbons (Fsp3) is 0.844. The monoisotopic (exact) mass is 665 g/mol. The summed E-state index contributed by atoms with van der Waals surface area (Å²) in [6, 6.07) is 0. The van der Waals surface area contributed by atoms with Crippen molar-refractivity contribution in [2.45, 2.75) is 195 Å². The van der Waals surface area contributed by atoms with Crippen molar-refractivity contribution in [2.75, 3.05) is 0 Å². The fourth-order valence-corrected chi connectivity index (χ4v) is 11.1. The first-order valence-corrected chi connectivity index (χ1v) is 21.0. The lowest BCUT2D eigenvalue weighted by molar-refractivity contribution is -0.151. The maximum absolute atomic E-state index is 12.8. The number of fused-ring (bicyclic) bond motifs is 5. The highest BCUT2D eigenvalue weighted by atomic mass is 16.5. The second-order valence-electron chi connectivity index (χ2n) is 17.8. The minimum absolute atomic E-state index is 0.00846. The van der Waals surface area contributed by atoms with E-state index in [4.69, 9.17) is 4.74 Å². The summed E-state index contributed by atoms with van der Waals surface area (Å²) in [6.45, 7) is 14.8. The number of rotatable bonds is 20. The standard InChI is InChI=1S/C45H76O3/c1-7-8-9-10-11-13-16-22-37(46)23-17-14-12-15-18-24-43(47)48-38-29-31-44(5)36(33-38)25-26-39-41-28-27-40(35(4)21-19-20-34(2)3)45(41,6)32-30-42(39)44/h11,13,16,22,25,34-35,37-42,46H,7-10,12,14-15,17-21,23-24,26-33H2,1-6H3/b13-11-,22-16-/t35-,37?,38+,39+,40-,41+,42+,44+,45-/m1/s1. The lowest BCUT2D eigenvalue weighted by atomic mass is 9.47. The summed E-state index contributed by atoms with van der Waals surface area (Å²) >= 11 is 0. The highest BCUT2D eigenvalue weighted by Gasteiger charge is 2.59. The first kappa shape index (κ1) is 39.4. The van der Waals surface area contributed by atoms with E-state index in [-0.39, 0.29) is 18.2 Å². The Hall–Kier alpha value is -1.35. The molecule has 3 nitrogen and oxygen atoms in total. The van der Waals surface area contributed by atoms with E-state index >= 15 is 0 Å². The van der Waals surface area contributed by atoms with Gasteiger partial charge in [-0.15, -0.1) is 0 Å². The Morgan fingerprint density at radius 1 is 0.896 bits per heavy atom. The Labute approximate surface area is 297 Å². The average molecular weight is 665 g/mol. The number of carbonyl (C=O) groups is 1. The zero-order chi connectivity index (χ0) is 34.6. The molecule has 0 heterocycles. The first-order chi connectivity index (χ1) is 23.1. The van der Waals surface area contributed by atoms with Gasteiger partial charge in [-0.25, -0.2) is 0 Å². The average Bonchev–Trinajstić information content (AvgIpc) is 3.41. The highest BCUT2D eigenvalue weighted by molar-refractivity contribution is 5.69. The Bertz CT molecular complexity index is 1050. The number of esters is 1. The van der Waals surface area contributed by atoms with Gasteiger partial charge in [-0.05, 0) is 117 Å². The van der Waals surface area contributed by atoms with E-state index in [2.05, 4.69) is 59.8 Å². The van der Waals surface area contributed by atoms with Gasteiger partial charge in [0.05, 0.1) is 6.10 Å². The molecule has 4 aliphatic carbocycles. The van der Waals surface area contributed by atoms with Gasteiger partial charge in [-0.3, -0.25) is 4.79 Å². The second-order valence-corrected chi connectivity index (χ2v) is 17.8. The molecule has 3 heteroatoms. The minimum atomic E-state index is -0.353. The molecule has 1 unspecified atom stereocenters. The highest BCUT2D eigenvalue weighted by Crippen LogP contribution is 2.67. The molecule has 0 aromatic heterocycles. The van der Waals surface area contributed by atoms with Gasteiger partial charge in [0.2, 0.25) is 0 Å². The van der Waals surface area contributed by atoms with Crippen LogP contribution in [0.3, 0.4) is 0 Å². The molecule has 274 valence electrons. The van der Waals surface area contributed by atoms with Crippen molar-refractivity contribution in [3.8, 4) is 0 Å². The van der Waals surface area contributed by atoms with Crippen molar-refractivity contribution < 1.29 is 14.6 Å². The van der Waals surface area contributed by atoms with Gasteiger partial charge in [-0.2, -0.15) is 0 Å². The Morgan fingerprint density at radius 2 is 1.69 bits per heavy atom. The number of hydrogen-bond acceptors (Lipinski definition) is 3. The van der Waals surface area contributed by atoms with E-state index in [0.717, 1.165) is 93.3 Å². The molecule has 0 saturated heterocycles. The van der Waals surface area contributed by atoms with Gasteiger partial charge in [0.1, 0.15) is 6.10 Å². The SMILES string of the molecule is CCCCC/C=C\C=C/C(O)CCCCCCCC(=O)O[C@H]1CC[C@@]2(C)C(=CC[C@H]3[C@@H]4CC[C@H]([C@H](C)CCCC(C)C)[C@@]4(C)CC[C@@H]32)C1. The van der Waals surface area contributed by atoms with Crippen molar-refractivity contribution in [3.63, 3.8) is 0 Å². The summed E-state index contributed by atoms with van der Waals surface area (Å²) in [7, 11) is 0. The Balaban J connectivity index is 1.13. The summed E-state index contributed by atoms with van der Waals surface area (Å²) in [5.74, 6) is 5.18. The molecule has 4 aliphatic rings. The topological polar surface area (TPSA) is 46.5 Å². The lowest BCUT2D eigenvalue weighted by Gasteiger charge is -2.58. The Morgan fingerprint density at radius 3 is 2.48 bits per heavy atom. The molecule has 0 aromatic carbocycles. The van der Waals surface area contributed by atoms with Crippen LogP contribution in [-0.4, -0.2) is 23.3 Å². The third-order valence-electron chi connectivity index (χ3n) is 14.0. The quantitative estimate of drug-likeness (QED) is 0.0610. The smallest absolute Gasteiger partial charge is 0.306 e. The number of hydrogen-bond donors (Lipinski definition) is 1. The first-order valence-electron chi connectivity index (χ1n) is 21.0. The molecule has 48 heavy (non-hydrogen) atoms. The number of unbranched alkanes of at least 4 members (excludes halogenated alkanes) is 7. The summed E-state index contributed by atoms with van der Waals surface area (Å²) < 4.78 is 6.10. The lowest BCUT2D eigenvalue weighted by Crippen LogP contribution is -2.51. The molecule has 0 bridgehead atoms. The number of ether oxygens (including phenoxy) is 1. The van der Waals surface area contributed by atoms with E-state index in [1.807, 2.05) is 12.2 Å². The van der Waals surface area contributed by atoms with Gasteiger partial charge >= 0.3 is 5.97 Å². The van der Waals surface area contributed by atoms with Crippen LogP contribution in [0.4, 0.5) is 0 Å². The van der Waals surface area contributed by atoms with Crippen LogP contribution in [0, 0.1) is 46.3 Å². The molecule has 0 aromatic rings. The summed E-state index contributed by atoms with van der Waals surface area (Å²) in [5.41, 5.74) is 2.46. The number of allylic oxidation sites excluding steroid dienone is 4. The van der Waals surface area contributed by atoms with Gasteiger partial charge in [0.25, 0.3) is 0 Å². The second kappa shape index (κ2) is 19.3. The number of aliphatic hydroxyl groups is 1. The summed E-state index contributed by atoms with van der Waals surface area (Å²) in [6.07, 6.45) is 36.4. The van der Waals surface area contributed by atoms with E-state index in [0.29, 0.717) is 17.3 Å². The van der Waals surface area contributed by atoms with Crippen molar-refractivity contribution in [3.05, 3.63) is 36.0 Å². The van der Waals surface area contributed by atoms with Crippen molar-refractivity contribution in [1.82, 2.24) is 0 Å². The van der Waals surface area contributed by atoms with Crippen LogP contribution in [0.15, 0.2) is 36.0 Å². The van der Waals surface area contributed by atoms with Crippen molar-refractivity contribution in [2.24, 2.45) is 46.3 Å².